The molecule has 1 amide bonds. The molecule has 1 unspecified atom stereocenters. The Labute approximate surface area is 249 Å². The minimum atomic E-state index is -1.28. The number of nitrogens with zero attached hydrogens (tertiary/aromatic N) is 5. The Bertz CT molecular complexity index is 1600. The summed E-state index contributed by atoms with van der Waals surface area (Å²) in [4.78, 5) is 40.6. The van der Waals surface area contributed by atoms with E-state index in [9.17, 15) is 19.5 Å². The van der Waals surface area contributed by atoms with Crippen LogP contribution in [0.1, 0.15) is 48.5 Å². The number of methoxy groups -OCH3 is 1. The summed E-state index contributed by atoms with van der Waals surface area (Å²) in [7, 11) is 1.32. The van der Waals surface area contributed by atoms with Gasteiger partial charge < -0.3 is 14.7 Å². The van der Waals surface area contributed by atoms with Crippen molar-refractivity contribution in [3.63, 3.8) is 0 Å². The third-order valence-electron chi connectivity index (χ3n) is 7.68. The summed E-state index contributed by atoms with van der Waals surface area (Å²) >= 11 is 0. The van der Waals surface area contributed by atoms with Gasteiger partial charge in [0.1, 0.15) is 5.75 Å². The SMILES string of the molecule is CCCC(=O)n1nnnc1-c1ccccc1-c1ccc(CNC2(C(=O)OC)CCCN2C(=O)Cc2ccc(O)cc2)cc1. The molecule has 11 nitrogen and oxygen atoms in total. The molecule has 2 heterocycles. The summed E-state index contributed by atoms with van der Waals surface area (Å²) in [6.45, 7) is 2.68. The summed E-state index contributed by atoms with van der Waals surface area (Å²) in [5.41, 5.74) is 2.89. The Kier molecular flexibility index (Phi) is 8.91. The predicted molar refractivity (Wildman–Crippen MR) is 159 cm³/mol. The van der Waals surface area contributed by atoms with Crippen LogP contribution in [-0.4, -0.2) is 67.3 Å². The van der Waals surface area contributed by atoms with Crippen LogP contribution >= 0.6 is 0 Å². The molecule has 0 aliphatic carbocycles. The zero-order valence-electron chi connectivity index (χ0n) is 24.2. The molecule has 1 aliphatic heterocycles. The van der Waals surface area contributed by atoms with Crippen molar-refractivity contribution in [3.8, 4) is 28.3 Å². The average molecular weight is 583 g/mol. The fraction of sp³-hybridized carbons (Fsp3) is 0.312. The number of benzene rings is 3. The van der Waals surface area contributed by atoms with E-state index >= 15 is 0 Å². The van der Waals surface area contributed by atoms with E-state index in [2.05, 4.69) is 20.8 Å². The van der Waals surface area contributed by atoms with E-state index in [0.717, 1.165) is 27.8 Å². The van der Waals surface area contributed by atoms with E-state index in [4.69, 9.17) is 4.74 Å². The number of likely N-dealkylation sites (tertiary alicyclic amines) is 1. The number of hydrogen-bond donors (Lipinski definition) is 2. The van der Waals surface area contributed by atoms with Crippen molar-refractivity contribution < 1.29 is 24.2 Å². The van der Waals surface area contributed by atoms with Gasteiger partial charge in [0, 0.05) is 25.1 Å². The Hall–Kier alpha value is -4.90. The van der Waals surface area contributed by atoms with Crippen molar-refractivity contribution in [1.82, 2.24) is 30.4 Å². The minimum Gasteiger partial charge on any atom is -0.508 e. The molecule has 2 N–H and O–H groups in total. The second kappa shape index (κ2) is 13.0. The number of aromatic hydroxyl groups is 1. The first kappa shape index (κ1) is 29.6. The number of tetrazole rings is 1. The Balaban J connectivity index is 1.35. The first-order chi connectivity index (χ1) is 20.9. The van der Waals surface area contributed by atoms with Crippen LogP contribution in [0.4, 0.5) is 0 Å². The van der Waals surface area contributed by atoms with E-state index in [-0.39, 0.29) is 24.0 Å². The Morgan fingerprint density at radius 1 is 0.953 bits per heavy atom. The lowest BCUT2D eigenvalue weighted by atomic mass is 9.98. The van der Waals surface area contributed by atoms with Crippen LogP contribution in [0.15, 0.2) is 72.8 Å². The van der Waals surface area contributed by atoms with E-state index in [1.165, 1.54) is 23.9 Å². The van der Waals surface area contributed by atoms with Crippen LogP contribution < -0.4 is 5.32 Å². The summed E-state index contributed by atoms with van der Waals surface area (Å²) in [5.74, 6) is -0.364. The van der Waals surface area contributed by atoms with Gasteiger partial charge in [-0.05, 0) is 64.1 Å². The maximum atomic E-state index is 13.4. The van der Waals surface area contributed by atoms with Gasteiger partial charge in [-0.1, -0.05) is 67.6 Å². The van der Waals surface area contributed by atoms with Crippen LogP contribution in [0.5, 0.6) is 5.75 Å². The number of aromatic nitrogens is 4. The first-order valence-electron chi connectivity index (χ1n) is 14.3. The van der Waals surface area contributed by atoms with Crippen molar-refractivity contribution in [1.29, 1.82) is 0 Å². The molecule has 4 aromatic rings. The number of nitrogens with one attached hydrogen (secondary N) is 1. The maximum Gasteiger partial charge on any atom is 0.347 e. The fourth-order valence-corrected chi connectivity index (χ4v) is 5.50. The second-order valence-corrected chi connectivity index (χ2v) is 10.5. The maximum absolute atomic E-state index is 13.4. The summed E-state index contributed by atoms with van der Waals surface area (Å²) < 4.78 is 6.42. The molecule has 11 heteroatoms. The number of phenols is 1. The zero-order chi connectivity index (χ0) is 30.4. The Morgan fingerprint density at radius 3 is 2.35 bits per heavy atom. The lowest BCUT2D eigenvalue weighted by Gasteiger charge is -2.37. The molecule has 0 radical (unpaired) electrons. The van der Waals surface area contributed by atoms with Crippen LogP contribution in [0, 0.1) is 0 Å². The molecule has 1 aliphatic rings. The highest BCUT2D eigenvalue weighted by Crippen LogP contribution is 2.32. The molecule has 1 atom stereocenters. The van der Waals surface area contributed by atoms with E-state index in [1.807, 2.05) is 55.5 Å². The third kappa shape index (κ3) is 6.17. The number of ether oxygens (including phenoxy) is 1. The number of esters is 1. The van der Waals surface area contributed by atoms with Gasteiger partial charge in [0.15, 0.2) is 11.5 Å². The van der Waals surface area contributed by atoms with E-state index in [0.29, 0.717) is 44.6 Å². The van der Waals surface area contributed by atoms with Crippen molar-refractivity contribution >= 4 is 17.8 Å². The van der Waals surface area contributed by atoms with Crippen LogP contribution in [0.3, 0.4) is 0 Å². The van der Waals surface area contributed by atoms with Crippen molar-refractivity contribution in [2.75, 3.05) is 13.7 Å². The lowest BCUT2D eigenvalue weighted by Crippen LogP contribution is -2.62. The molecular formula is C32H34N6O5. The first-order valence-corrected chi connectivity index (χ1v) is 14.3. The van der Waals surface area contributed by atoms with Gasteiger partial charge in [0.2, 0.25) is 11.8 Å². The number of rotatable bonds is 10. The number of carbonyl (C=O) groups excluding carboxylic acids is 3. The molecule has 1 saturated heterocycles. The standard InChI is InChI=1S/C32H34N6O5/c1-3-7-28(40)38-30(34-35-36-38)27-9-5-4-8-26(27)24-14-10-23(11-15-24)21-33-32(31(42)43-2)18-6-19-37(32)29(41)20-22-12-16-25(39)17-13-22/h4-5,8-17,33,39H,3,6-7,18-21H2,1-2H3. The van der Waals surface area contributed by atoms with E-state index in [1.54, 1.807) is 17.0 Å². The van der Waals surface area contributed by atoms with Gasteiger partial charge >= 0.3 is 5.97 Å². The summed E-state index contributed by atoms with van der Waals surface area (Å²) in [6, 6.07) is 21.9. The quantitative estimate of drug-likeness (QED) is 0.210. The smallest absolute Gasteiger partial charge is 0.347 e. The second-order valence-electron chi connectivity index (χ2n) is 10.5. The van der Waals surface area contributed by atoms with Gasteiger partial charge in [0.25, 0.3) is 0 Å². The van der Waals surface area contributed by atoms with Gasteiger partial charge in [-0.3, -0.25) is 14.9 Å². The monoisotopic (exact) mass is 582 g/mol. The number of carbonyl (C=O) groups is 3. The van der Waals surface area contributed by atoms with Crippen LogP contribution in [-0.2, 0) is 27.3 Å². The van der Waals surface area contributed by atoms with Gasteiger partial charge in [-0.2, -0.15) is 4.68 Å². The van der Waals surface area contributed by atoms with Crippen molar-refractivity contribution in [2.24, 2.45) is 0 Å². The molecule has 43 heavy (non-hydrogen) atoms. The summed E-state index contributed by atoms with van der Waals surface area (Å²) in [6.07, 6.45) is 2.21. The Morgan fingerprint density at radius 2 is 1.65 bits per heavy atom. The van der Waals surface area contributed by atoms with Gasteiger partial charge in [-0.25, -0.2) is 4.79 Å². The number of phenolic OH excluding ortho intramolecular Hbond substituents is 1. The number of hydrogen-bond acceptors (Lipinski definition) is 9. The molecule has 0 saturated carbocycles. The molecule has 222 valence electrons. The van der Waals surface area contributed by atoms with Gasteiger partial charge in [0.05, 0.1) is 13.5 Å². The van der Waals surface area contributed by atoms with Crippen LogP contribution in [0.25, 0.3) is 22.5 Å². The molecule has 3 aromatic carbocycles. The molecule has 5 rings (SSSR count). The van der Waals surface area contributed by atoms with E-state index < -0.39 is 11.6 Å². The molecular weight excluding hydrogens is 548 g/mol. The molecule has 1 aromatic heterocycles. The normalized spacial score (nSPS) is 16.3. The predicted octanol–water partition coefficient (Wildman–Crippen LogP) is 3.98. The number of amides is 1. The molecule has 0 bridgehead atoms. The summed E-state index contributed by atoms with van der Waals surface area (Å²) in [5, 5.41) is 24.7. The average Bonchev–Trinajstić information content (AvgIpc) is 3.70. The largest absolute Gasteiger partial charge is 0.508 e. The molecule has 0 spiro atoms. The zero-order valence-corrected chi connectivity index (χ0v) is 24.2. The van der Waals surface area contributed by atoms with Crippen LogP contribution in [0.2, 0.25) is 0 Å². The highest BCUT2D eigenvalue weighted by Gasteiger charge is 2.50. The third-order valence-corrected chi connectivity index (χ3v) is 7.68. The highest BCUT2D eigenvalue weighted by molar-refractivity contribution is 5.89. The lowest BCUT2D eigenvalue weighted by molar-refractivity contribution is -0.162. The topological polar surface area (TPSA) is 140 Å². The fourth-order valence-electron chi connectivity index (χ4n) is 5.50. The molecule has 1 fully saturated rings. The van der Waals surface area contributed by atoms with Crippen molar-refractivity contribution in [2.45, 2.75) is 51.2 Å². The van der Waals surface area contributed by atoms with Gasteiger partial charge in [-0.15, -0.1) is 5.10 Å². The van der Waals surface area contributed by atoms with Crippen molar-refractivity contribution in [3.05, 3.63) is 83.9 Å². The highest BCUT2D eigenvalue weighted by atomic mass is 16.5. The minimum absolute atomic E-state index is 0.0993.